The predicted octanol–water partition coefficient (Wildman–Crippen LogP) is 7.09. The third-order valence-electron chi connectivity index (χ3n) is 17.5. The van der Waals surface area contributed by atoms with E-state index in [0.29, 0.717) is 42.3 Å². The van der Waals surface area contributed by atoms with Gasteiger partial charge in [-0.15, -0.1) is 0 Å². The molecular formula is C44H66N4O5S. The van der Waals surface area contributed by atoms with E-state index in [2.05, 4.69) is 56.2 Å². The van der Waals surface area contributed by atoms with Gasteiger partial charge in [-0.3, -0.25) is 0 Å². The molecule has 0 bridgehead atoms. The highest BCUT2D eigenvalue weighted by Crippen LogP contribution is 2.76. The monoisotopic (exact) mass is 762 g/mol. The molecule has 54 heavy (non-hydrogen) atoms. The minimum atomic E-state index is -2.90. The van der Waals surface area contributed by atoms with E-state index in [9.17, 15) is 23.1 Å². The molecule has 4 saturated carbocycles. The Morgan fingerprint density at radius 1 is 0.833 bits per heavy atom. The zero-order valence-electron chi connectivity index (χ0n) is 33.6. The van der Waals surface area contributed by atoms with Crippen molar-refractivity contribution in [2.24, 2.45) is 45.3 Å². The number of fused-ring (bicyclic) bond motifs is 7. The highest BCUT2D eigenvalue weighted by atomic mass is 32.2. The van der Waals surface area contributed by atoms with Crippen LogP contribution in [0.25, 0.3) is 5.57 Å². The molecule has 0 spiro atoms. The summed E-state index contributed by atoms with van der Waals surface area (Å²) in [7, 11) is -2.90. The minimum absolute atomic E-state index is 0.0139. The molecule has 9 unspecified atom stereocenters. The molecule has 2 saturated heterocycles. The van der Waals surface area contributed by atoms with Crippen molar-refractivity contribution in [2.45, 2.75) is 117 Å². The normalized spacial score (nSPS) is 41.2. The number of aromatic carboxylic acids is 1. The number of urea groups is 1. The number of carbonyl (C=O) groups is 2. The van der Waals surface area contributed by atoms with E-state index in [-0.39, 0.29) is 50.8 Å². The Morgan fingerprint density at radius 3 is 2.22 bits per heavy atom. The van der Waals surface area contributed by atoms with Crippen LogP contribution in [0.15, 0.2) is 30.3 Å². The lowest BCUT2D eigenvalue weighted by atomic mass is 9.33. The van der Waals surface area contributed by atoms with Crippen LogP contribution in [0, 0.1) is 45.3 Å². The Hall–Kier alpha value is -2.43. The second-order valence-electron chi connectivity index (χ2n) is 20.0. The molecule has 2 amide bonds. The molecule has 0 radical (unpaired) electrons. The average molecular weight is 763 g/mol. The summed E-state index contributed by atoms with van der Waals surface area (Å²) in [4.78, 5) is 29.7. The van der Waals surface area contributed by atoms with Crippen LogP contribution in [0.1, 0.15) is 121 Å². The fourth-order valence-corrected chi connectivity index (χ4v) is 15.8. The van der Waals surface area contributed by atoms with Crippen LogP contribution in [0.5, 0.6) is 0 Å². The summed E-state index contributed by atoms with van der Waals surface area (Å²) < 4.78 is 24.2. The number of allylic oxidation sites excluding steroid dienone is 2. The highest BCUT2D eigenvalue weighted by molar-refractivity contribution is 7.91. The van der Waals surface area contributed by atoms with E-state index in [1.165, 1.54) is 37.7 Å². The fraction of sp³-hybridized carbons (Fsp3) is 0.773. The summed E-state index contributed by atoms with van der Waals surface area (Å²) in [6.45, 7) is 17.5. The van der Waals surface area contributed by atoms with Crippen LogP contribution < -0.4 is 10.6 Å². The van der Waals surface area contributed by atoms with Crippen molar-refractivity contribution in [2.75, 3.05) is 50.8 Å². The van der Waals surface area contributed by atoms with Crippen molar-refractivity contribution >= 4 is 27.4 Å². The van der Waals surface area contributed by atoms with Gasteiger partial charge in [-0.25, -0.2) is 18.0 Å². The minimum Gasteiger partial charge on any atom is -0.478 e. The summed E-state index contributed by atoms with van der Waals surface area (Å²) in [5, 5.41) is 17.3. The molecule has 6 fully saturated rings. The molecule has 5 aliphatic carbocycles. The van der Waals surface area contributed by atoms with Gasteiger partial charge in [0.15, 0.2) is 9.84 Å². The molecule has 7 aliphatic rings. The number of rotatable bonds is 7. The first-order chi connectivity index (χ1) is 25.5. The van der Waals surface area contributed by atoms with E-state index in [0.717, 1.165) is 70.3 Å². The number of sulfone groups is 1. The maximum Gasteiger partial charge on any atom is 0.335 e. The molecule has 1 aromatic carbocycles. The van der Waals surface area contributed by atoms with Crippen molar-refractivity contribution < 1.29 is 23.1 Å². The van der Waals surface area contributed by atoms with Gasteiger partial charge in [0, 0.05) is 56.8 Å². The lowest BCUT2D eigenvalue weighted by molar-refractivity contribution is -0.218. The van der Waals surface area contributed by atoms with Gasteiger partial charge in [0.1, 0.15) is 0 Å². The second kappa shape index (κ2) is 13.6. The molecule has 8 rings (SSSR count). The van der Waals surface area contributed by atoms with Gasteiger partial charge < -0.3 is 25.5 Å². The predicted molar refractivity (Wildman–Crippen MR) is 214 cm³/mol. The number of carboxylic acid groups (broad SMARTS) is 1. The quantitative estimate of drug-likeness (QED) is 0.272. The first-order valence-corrected chi connectivity index (χ1v) is 23.1. The number of nitrogens with one attached hydrogen (secondary N) is 2. The van der Waals surface area contributed by atoms with Crippen molar-refractivity contribution in [1.82, 2.24) is 20.4 Å². The molecule has 3 N–H and O–H groups in total. The summed E-state index contributed by atoms with van der Waals surface area (Å²) in [5.74, 6) is 1.67. The molecule has 0 aromatic heterocycles. The molecular weight excluding hydrogens is 697 g/mol. The number of benzene rings is 1. The first-order valence-electron chi connectivity index (χ1n) is 21.3. The first kappa shape index (κ1) is 38.4. The van der Waals surface area contributed by atoms with Gasteiger partial charge in [0.05, 0.1) is 17.1 Å². The van der Waals surface area contributed by atoms with Gasteiger partial charge in [-0.05, 0) is 133 Å². The smallest absolute Gasteiger partial charge is 0.335 e. The van der Waals surface area contributed by atoms with Crippen LogP contribution in [0.2, 0.25) is 0 Å². The number of carboxylic acids is 1. The maximum absolute atomic E-state index is 13.7. The summed E-state index contributed by atoms with van der Waals surface area (Å²) in [6.07, 6.45) is 15.0. The average Bonchev–Trinajstić information content (AvgIpc) is 3.79. The molecule has 1 aromatic rings. The third kappa shape index (κ3) is 6.09. The SMILES string of the molecule is CC1(C)C(c2ccc(C(=O)O)cc2)=CCC2(C)C1CCC1(C)C2CCC2C3C(NC(=O)N4CCCC4)CCC3(NCCN3CCS(=O)(=O)CC3)CCC21C. The van der Waals surface area contributed by atoms with E-state index in [1.807, 2.05) is 17.0 Å². The summed E-state index contributed by atoms with van der Waals surface area (Å²) >= 11 is 0. The van der Waals surface area contributed by atoms with Crippen LogP contribution in [0.3, 0.4) is 0 Å². The fourth-order valence-electron chi connectivity index (χ4n) is 14.6. The molecule has 2 aliphatic heterocycles. The van der Waals surface area contributed by atoms with Crippen molar-refractivity contribution in [1.29, 1.82) is 0 Å². The Kier molecular flexibility index (Phi) is 9.69. The summed E-state index contributed by atoms with van der Waals surface area (Å²) in [6, 6.07) is 7.83. The third-order valence-corrected chi connectivity index (χ3v) is 19.1. The Balaban J connectivity index is 1.07. The zero-order valence-corrected chi connectivity index (χ0v) is 34.4. The highest BCUT2D eigenvalue weighted by Gasteiger charge is 2.70. The summed E-state index contributed by atoms with van der Waals surface area (Å²) in [5.41, 5.74) is 3.32. The second-order valence-corrected chi connectivity index (χ2v) is 22.3. The van der Waals surface area contributed by atoms with Gasteiger partial charge in [0.25, 0.3) is 0 Å². The van der Waals surface area contributed by atoms with Gasteiger partial charge in [-0.1, -0.05) is 52.8 Å². The number of nitrogens with zero attached hydrogens (tertiary/aromatic N) is 2. The maximum atomic E-state index is 13.7. The number of amides is 2. The molecule has 298 valence electrons. The van der Waals surface area contributed by atoms with Gasteiger partial charge in [-0.2, -0.15) is 0 Å². The van der Waals surface area contributed by atoms with Gasteiger partial charge >= 0.3 is 12.0 Å². The van der Waals surface area contributed by atoms with Crippen LogP contribution in [0.4, 0.5) is 4.79 Å². The van der Waals surface area contributed by atoms with Crippen LogP contribution in [-0.2, 0) is 9.84 Å². The van der Waals surface area contributed by atoms with Crippen molar-refractivity contribution in [3.8, 4) is 0 Å². The van der Waals surface area contributed by atoms with Crippen LogP contribution >= 0.6 is 0 Å². The Labute approximate surface area is 324 Å². The van der Waals surface area contributed by atoms with E-state index in [4.69, 9.17) is 0 Å². The molecule has 9 atom stereocenters. The standard InChI is InChI=1S/C44H66N4O5S/c1-40(2)32(30-8-10-31(11-9-30)38(49)50)14-17-41(3)35(40)16-18-43(5)36(41)13-12-33-37-34(46-39(51)48-23-6-7-24-48)15-19-44(37,21-20-42(33,43)4)45-22-25-47-26-28-54(52,53)29-27-47/h8-11,14,33-37,45H,6-7,12-13,15-29H2,1-5H3,(H,46,51)(H,49,50). The number of hydrogen-bond donors (Lipinski definition) is 3. The Morgan fingerprint density at radius 2 is 1.54 bits per heavy atom. The van der Waals surface area contributed by atoms with Gasteiger partial charge in [0.2, 0.25) is 0 Å². The Bertz CT molecular complexity index is 1760. The van der Waals surface area contributed by atoms with E-state index < -0.39 is 15.8 Å². The lowest BCUT2D eigenvalue weighted by Gasteiger charge is -2.72. The number of hydrogen-bond acceptors (Lipinski definition) is 6. The largest absolute Gasteiger partial charge is 0.478 e. The van der Waals surface area contributed by atoms with E-state index >= 15 is 0 Å². The topological polar surface area (TPSA) is 119 Å². The zero-order chi connectivity index (χ0) is 38.3. The molecule has 9 nitrogen and oxygen atoms in total. The molecule has 10 heteroatoms. The number of carbonyl (C=O) groups excluding carboxylic acids is 1. The van der Waals surface area contributed by atoms with Crippen molar-refractivity contribution in [3.63, 3.8) is 0 Å². The lowest BCUT2D eigenvalue weighted by Crippen LogP contribution is -2.69. The van der Waals surface area contributed by atoms with Crippen molar-refractivity contribution in [3.05, 3.63) is 41.5 Å². The molecule has 2 heterocycles. The van der Waals surface area contributed by atoms with E-state index in [1.54, 1.807) is 12.1 Å². The van der Waals surface area contributed by atoms with Crippen LogP contribution in [-0.4, -0.2) is 97.7 Å². The number of likely N-dealkylation sites (tertiary alicyclic amines) is 1.